The zero-order valence-corrected chi connectivity index (χ0v) is 9.97. The van der Waals surface area contributed by atoms with Crippen LogP contribution in [0.25, 0.3) is 0 Å². The Morgan fingerprint density at radius 1 is 1.33 bits per heavy atom. The first-order chi connectivity index (χ1) is 8.74. The summed E-state index contributed by atoms with van der Waals surface area (Å²) in [5.41, 5.74) is 3.19. The van der Waals surface area contributed by atoms with Gasteiger partial charge >= 0.3 is 0 Å². The van der Waals surface area contributed by atoms with E-state index in [1.165, 1.54) is 18.5 Å². The zero-order valence-electron chi connectivity index (χ0n) is 9.97. The van der Waals surface area contributed by atoms with Crippen LogP contribution in [0.5, 0.6) is 0 Å². The van der Waals surface area contributed by atoms with Gasteiger partial charge in [-0.1, -0.05) is 6.07 Å². The average Bonchev–Trinajstić information content (AvgIpc) is 2.40. The molecule has 0 unspecified atom stereocenters. The van der Waals surface area contributed by atoms with Crippen molar-refractivity contribution in [3.05, 3.63) is 42.5 Å². The fourth-order valence-electron chi connectivity index (χ4n) is 1.69. The summed E-state index contributed by atoms with van der Waals surface area (Å²) in [6.45, 7) is 2.62. The van der Waals surface area contributed by atoms with Crippen LogP contribution in [0.3, 0.4) is 0 Å². The van der Waals surface area contributed by atoms with Crippen LogP contribution in [0.4, 0.5) is 21.7 Å². The van der Waals surface area contributed by atoms with Gasteiger partial charge in [-0.3, -0.25) is 0 Å². The molecule has 0 bridgehead atoms. The lowest BCUT2D eigenvalue weighted by Crippen LogP contribution is -2.18. The van der Waals surface area contributed by atoms with Crippen molar-refractivity contribution < 1.29 is 4.39 Å². The highest BCUT2D eigenvalue weighted by Crippen LogP contribution is 2.24. The topological polar surface area (TPSA) is 67.1 Å². The Labute approximate surface area is 104 Å². The van der Waals surface area contributed by atoms with E-state index in [-0.39, 0.29) is 5.82 Å². The van der Waals surface area contributed by atoms with E-state index in [0.717, 1.165) is 5.69 Å². The monoisotopic (exact) mass is 247 g/mol. The summed E-state index contributed by atoms with van der Waals surface area (Å²) < 4.78 is 13.2. The van der Waals surface area contributed by atoms with Gasteiger partial charge in [-0.25, -0.2) is 20.2 Å². The van der Waals surface area contributed by atoms with Crippen LogP contribution in [0.15, 0.2) is 36.7 Å². The second-order valence-electron chi connectivity index (χ2n) is 3.63. The van der Waals surface area contributed by atoms with Crippen molar-refractivity contribution in [2.75, 3.05) is 16.9 Å². The van der Waals surface area contributed by atoms with Gasteiger partial charge in [0.2, 0.25) is 0 Å². The van der Waals surface area contributed by atoms with Gasteiger partial charge in [-0.15, -0.1) is 0 Å². The van der Waals surface area contributed by atoms with Crippen molar-refractivity contribution in [3.8, 4) is 0 Å². The first-order valence-corrected chi connectivity index (χ1v) is 5.56. The van der Waals surface area contributed by atoms with Gasteiger partial charge in [0.1, 0.15) is 23.8 Å². The molecule has 2 rings (SSSR count). The van der Waals surface area contributed by atoms with Crippen LogP contribution in [0, 0.1) is 5.82 Å². The number of benzene rings is 1. The number of nitrogen functional groups attached to an aromatic ring is 1. The second kappa shape index (κ2) is 5.42. The third kappa shape index (κ3) is 2.54. The highest BCUT2D eigenvalue weighted by molar-refractivity contribution is 5.61. The number of anilines is 3. The zero-order chi connectivity index (χ0) is 13.0. The second-order valence-corrected chi connectivity index (χ2v) is 3.63. The van der Waals surface area contributed by atoms with E-state index in [1.54, 1.807) is 12.1 Å². The Morgan fingerprint density at radius 2 is 2.17 bits per heavy atom. The molecule has 0 saturated carbocycles. The lowest BCUT2D eigenvalue weighted by atomic mass is 10.2. The van der Waals surface area contributed by atoms with Crippen LogP contribution in [0.2, 0.25) is 0 Å². The minimum absolute atomic E-state index is 0.280. The largest absolute Gasteiger partial charge is 0.326 e. The summed E-state index contributed by atoms with van der Waals surface area (Å²) in [6.07, 6.45) is 1.41. The van der Waals surface area contributed by atoms with Crippen molar-refractivity contribution in [1.29, 1.82) is 0 Å². The number of hydrogen-bond donors (Lipinski definition) is 2. The van der Waals surface area contributed by atoms with E-state index in [1.807, 2.05) is 17.9 Å². The van der Waals surface area contributed by atoms with Crippen molar-refractivity contribution in [1.82, 2.24) is 9.97 Å². The molecular formula is C12H14FN5. The fourth-order valence-corrected chi connectivity index (χ4v) is 1.69. The Bertz CT molecular complexity index is 531. The molecule has 6 heteroatoms. The van der Waals surface area contributed by atoms with Crippen molar-refractivity contribution in [2.24, 2.45) is 5.84 Å². The maximum atomic E-state index is 13.2. The molecule has 0 aliphatic heterocycles. The number of nitrogens with zero attached hydrogens (tertiary/aromatic N) is 3. The van der Waals surface area contributed by atoms with E-state index >= 15 is 0 Å². The SMILES string of the molecule is CCN(c1cccc(F)c1)c1cc(NN)ncn1. The number of nitrogens with one attached hydrogen (secondary N) is 1. The molecule has 0 aliphatic carbocycles. The van der Waals surface area contributed by atoms with Crippen molar-refractivity contribution in [2.45, 2.75) is 6.92 Å². The highest BCUT2D eigenvalue weighted by atomic mass is 19.1. The molecule has 0 saturated heterocycles. The molecule has 94 valence electrons. The maximum Gasteiger partial charge on any atom is 0.145 e. The first kappa shape index (κ1) is 12.3. The Morgan fingerprint density at radius 3 is 2.83 bits per heavy atom. The van der Waals surface area contributed by atoms with E-state index in [9.17, 15) is 4.39 Å². The van der Waals surface area contributed by atoms with Crippen LogP contribution >= 0.6 is 0 Å². The standard InChI is InChI=1S/C12H14FN5/c1-2-18(10-5-3-4-9(13)6-10)12-7-11(17-14)15-8-16-12/h3-8H,2,14H2,1H3,(H,15,16,17). The molecule has 1 heterocycles. The number of rotatable bonds is 4. The smallest absolute Gasteiger partial charge is 0.145 e. The molecule has 2 aromatic rings. The quantitative estimate of drug-likeness (QED) is 0.639. The van der Waals surface area contributed by atoms with Crippen molar-refractivity contribution in [3.63, 3.8) is 0 Å². The predicted molar refractivity (Wildman–Crippen MR) is 68.9 cm³/mol. The molecule has 0 atom stereocenters. The normalized spacial score (nSPS) is 10.2. The summed E-state index contributed by atoms with van der Waals surface area (Å²) in [5, 5.41) is 0. The number of nitrogens with two attached hydrogens (primary N) is 1. The van der Waals surface area contributed by atoms with Gasteiger partial charge in [-0.05, 0) is 25.1 Å². The molecule has 1 aromatic heterocycles. The third-order valence-corrected chi connectivity index (χ3v) is 2.51. The van der Waals surface area contributed by atoms with E-state index in [4.69, 9.17) is 5.84 Å². The molecule has 0 amide bonds. The van der Waals surface area contributed by atoms with Crippen LogP contribution < -0.4 is 16.2 Å². The van der Waals surface area contributed by atoms with Gasteiger partial charge in [0.25, 0.3) is 0 Å². The summed E-state index contributed by atoms with van der Waals surface area (Å²) in [7, 11) is 0. The number of aromatic nitrogens is 2. The third-order valence-electron chi connectivity index (χ3n) is 2.51. The van der Waals surface area contributed by atoms with Gasteiger partial charge < -0.3 is 10.3 Å². The number of halogens is 1. The maximum absolute atomic E-state index is 13.2. The van der Waals surface area contributed by atoms with Gasteiger partial charge in [0.15, 0.2) is 0 Å². The Balaban J connectivity index is 2.38. The van der Waals surface area contributed by atoms with Gasteiger partial charge in [0.05, 0.1) is 0 Å². The van der Waals surface area contributed by atoms with Crippen LogP contribution in [-0.2, 0) is 0 Å². The molecule has 0 spiro atoms. The Kier molecular flexibility index (Phi) is 3.69. The van der Waals surface area contributed by atoms with Gasteiger partial charge in [-0.2, -0.15) is 0 Å². The lowest BCUT2D eigenvalue weighted by molar-refractivity contribution is 0.627. The molecule has 0 radical (unpaired) electrons. The van der Waals surface area contributed by atoms with E-state index in [0.29, 0.717) is 18.2 Å². The van der Waals surface area contributed by atoms with Gasteiger partial charge in [0, 0.05) is 18.3 Å². The van der Waals surface area contributed by atoms with E-state index < -0.39 is 0 Å². The molecule has 18 heavy (non-hydrogen) atoms. The average molecular weight is 247 g/mol. The number of hydrazine groups is 1. The number of hydrogen-bond acceptors (Lipinski definition) is 5. The summed E-state index contributed by atoms with van der Waals surface area (Å²) in [5.74, 6) is 6.19. The first-order valence-electron chi connectivity index (χ1n) is 5.56. The van der Waals surface area contributed by atoms with Crippen LogP contribution in [-0.4, -0.2) is 16.5 Å². The Hall–Kier alpha value is -2.21. The molecule has 5 nitrogen and oxygen atoms in total. The predicted octanol–water partition coefficient (Wildman–Crippen LogP) is 2.06. The molecule has 0 fully saturated rings. The van der Waals surface area contributed by atoms with E-state index in [2.05, 4.69) is 15.4 Å². The summed E-state index contributed by atoms with van der Waals surface area (Å²) >= 11 is 0. The molecular weight excluding hydrogens is 233 g/mol. The molecule has 1 aromatic carbocycles. The molecule has 0 aliphatic rings. The minimum Gasteiger partial charge on any atom is -0.326 e. The summed E-state index contributed by atoms with van der Waals surface area (Å²) in [6, 6.07) is 8.06. The van der Waals surface area contributed by atoms with Crippen molar-refractivity contribution >= 4 is 17.3 Å². The fraction of sp³-hybridized carbons (Fsp3) is 0.167. The molecule has 3 N–H and O–H groups in total. The highest BCUT2D eigenvalue weighted by Gasteiger charge is 2.10. The van der Waals surface area contributed by atoms with Crippen LogP contribution in [0.1, 0.15) is 6.92 Å². The minimum atomic E-state index is -0.280. The summed E-state index contributed by atoms with van der Waals surface area (Å²) in [4.78, 5) is 9.97. The lowest BCUT2D eigenvalue weighted by Gasteiger charge is -2.22.